The van der Waals surface area contributed by atoms with Crippen LogP contribution in [-0.2, 0) is 0 Å². The fourth-order valence-electron chi connectivity index (χ4n) is 3.25. The molecule has 0 fully saturated rings. The van der Waals surface area contributed by atoms with Crippen molar-refractivity contribution < 1.29 is 4.74 Å². The smallest absolute Gasteiger partial charge is 0.248 e. The fourth-order valence-corrected chi connectivity index (χ4v) is 3.47. The van der Waals surface area contributed by atoms with Crippen LogP contribution in [0.15, 0.2) is 83.7 Å². The standard InChI is InChI=1S/C13H15NO2S.C12H8/c15-13-6-3-10-9-11(4-5-12(10)14-13)16-7-1-2-8-17;1-2-4-9(5-3-1)11-7-6-10-8-12(10)11/h3-6,9,17H,1-2,7-8H2,(H,14,15);1-8H. The minimum atomic E-state index is -0.0834. The molecule has 3 aromatic rings. The second-order valence-electron chi connectivity index (χ2n) is 6.98. The Kier molecular flexibility index (Phi) is 6.01. The van der Waals surface area contributed by atoms with Crippen LogP contribution in [0, 0.1) is 0 Å². The first-order chi connectivity index (χ1) is 14.2. The summed E-state index contributed by atoms with van der Waals surface area (Å²) in [7, 11) is 0. The van der Waals surface area contributed by atoms with Gasteiger partial charge in [0.1, 0.15) is 5.75 Å². The van der Waals surface area contributed by atoms with E-state index < -0.39 is 0 Å². The monoisotopic (exact) mass is 401 g/mol. The third kappa shape index (κ3) is 4.90. The van der Waals surface area contributed by atoms with Crippen molar-refractivity contribution >= 4 is 23.5 Å². The summed E-state index contributed by atoms with van der Waals surface area (Å²) in [6.45, 7) is 0.704. The second kappa shape index (κ2) is 9.01. The Morgan fingerprint density at radius 1 is 0.793 bits per heavy atom. The van der Waals surface area contributed by atoms with Crippen LogP contribution in [0.1, 0.15) is 12.8 Å². The van der Waals surface area contributed by atoms with E-state index in [0.717, 1.165) is 35.2 Å². The van der Waals surface area contributed by atoms with Crippen LogP contribution in [0.3, 0.4) is 0 Å². The Bertz CT molecular complexity index is 1170. The first-order valence-corrected chi connectivity index (χ1v) is 10.4. The number of benzene rings is 3. The van der Waals surface area contributed by atoms with Crippen LogP contribution in [0.25, 0.3) is 33.2 Å². The van der Waals surface area contributed by atoms with Gasteiger partial charge < -0.3 is 9.72 Å². The van der Waals surface area contributed by atoms with E-state index in [1.807, 2.05) is 18.2 Å². The summed E-state index contributed by atoms with van der Waals surface area (Å²) in [5.74, 6) is 1.73. The normalized spacial score (nSPS) is 10.9. The molecule has 1 aromatic heterocycles. The number of ether oxygens (including phenoxy) is 1. The maximum absolute atomic E-state index is 11.1. The summed E-state index contributed by atoms with van der Waals surface area (Å²) in [4.78, 5) is 13.9. The van der Waals surface area contributed by atoms with E-state index in [4.69, 9.17) is 4.74 Å². The quantitative estimate of drug-likeness (QED) is 0.273. The van der Waals surface area contributed by atoms with Crippen LogP contribution >= 0.6 is 12.6 Å². The van der Waals surface area contributed by atoms with Gasteiger partial charge in [-0.1, -0.05) is 42.5 Å². The number of thiol groups is 1. The Hall–Kier alpha value is -2.98. The fraction of sp³-hybridized carbons (Fsp3) is 0.160. The second-order valence-corrected chi connectivity index (χ2v) is 7.42. The zero-order valence-electron chi connectivity index (χ0n) is 16.1. The van der Waals surface area contributed by atoms with E-state index in [1.54, 1.807) is 6.07 Å². The zero-order valence-corrected chi connectivity index (χ0v) is 17.0. The van der Waals surface area contributed by atoms with Gasteiger partial charge in [0.15, 0.2) is 0 Å². The SMILES string of the molecule is O=c1ccc2cc(OCCCCS)ccc2[nH]1.c1ccc(-c2ccc3cc2-3)cc1. The number of aromatic nitrogens is 1. The van der Waals surface area contributed by atoms with Gasteiger partial charge in [0.25, 0.3) is 0 Å². The highest BCUT2D eigenvalue weighted by Crippen LogP contribution is 2.43. The van der Waals surface area contributed by atoms with E-state index in [9.17, 15) is 4.79 Å². The van der Waals surface area contributed by atoms with Gasteiger partial charge in [-0.15, -0.1) is 0 Å². The molecule has 2 aliphatic carbocycles. The molecule has 0 aliphatic heterocycles. The van der Waals surface area contributed by atoms with Crippen LogP contribution < -0.4 is 10.3 Å². The molecule has 0 unspecified atom stereocenters. The van der Waals surface area contributed by atoms with Crippen molar-refractivity contribution in [1.29, 1.82) is 0 Å². The van der Waals surface area contributed by atoms with Crippen LogP contribution in [0.5, 0.6) is 5.75 Å². The summed E-state index contributed by atoms with van der Waals surface area (Å²) in [5.41, 5.74) is 6.30. The molecule has 0 radical (unpaired) electrons. The van der Waals surface area contributed by atoms with Crippen molar-refractivity contribution in [1.82, 2.24) is 4.98 Å². The molecular weight excluding hydrogens is 378 g/mol. The van der Waals surface area contributed by atoms with Crippen molar-refractivity contribution in [2.24, 2.45) is 0 Å². The summed E-state index contributed by atoms with van der Waals surface area (Å²) >= 11 is 4.15. The first-order valence-electron chi connectivity index (χ1n) is 9.81. The Balaban J connectivity index is 0.000000149. The molecule has 1 N–H and O–H groups in total. The van der Waals surface area contributed by atoms with Gasteiger partial charge in [-0.25, -0.2) is 0 Å². The van der Waals surface area contributed by atoms with Crippen molar-refractivity contribution in [3.8, 4) is 28.0 Å². The predicted molar refractivity (Wildman–Crippen MR) is 124 cm³/mol. The van der Waals surface area contributed by atoms with Gasteiger partial charge >= 0.3 is 0 Å². The van der Waals surface area contributed by atoms with E-state index in [2.05, 4.69) is 66.1 Å². The zero-order chi connectivity index (χ0) is 20.1. The molecule has 146 valence electrons. The maximum atomic E-state index is 11.1. The number of rotatable bonds is 6. The van der Waals surface area contributed by atoms with E-state index in [0.29, 0.717) is 6.61 Å². The Morgan fingerprint density at radius 3 is 2.38 bits per heavy atom. The average Bonchev–Trinajstić information content (AvgIpc) is 3.41. The molecule has 4 heteroatoms. The van der Waals surface area contributed by atoms with Gasteiger partial charge in [-0.2, -0.15) is 12.6 Å². The largest absolute Gasteiger partial charge is 0.494 e. The van der Waals surface area contributed by atoms with Crippen molar-refractivity contribution in [2.75, 3.05) is 12.4 Å². The first kappa shape index (κ1) is 19.3. The summed E-state index contributed by atoms with van der Waals surface area (Å²) in [6, 6.07) is 26.1. The molecular formula is C25H23NO2S. The highest BCUT2D eigenvalue weighted by atomic mass is 32.1. The molecule has 0 bridgehead atoms. The number of nitrogens with one attached hydrogen (secondary N) is 1. The number of hydrogen-bond acceptors (Lipinski definition) is 3. The Morgan fingerprint density at radius 2 is 1.66 bits per heavy atom. The molecule has 0 amide bonds. The Labute approximate surface area is 175 Å². The molecule has 0 saturated carbocycles. The highest BCUT2D eigenvalue weighted by Gasteiger charge is 2.17. The topological polar surface area (TPSA) is 42.1 Å². The molecule has 0 atom stereocenters. The highest BCUT2D eigenvalue weighted by molar-refractivity contribution is 7.80. The lowest BCUT2D eigenvalue weighted by atomic mass is 10.1. The minimum Gasteiger partial charge on any atom is -0.494 e. The predicted octanol–water partition coefficient (Wildman–Crippen LogP) is 5.95. The molecule has 0 spiro atoms. The van der Waals surface area contributed by atoms with Gasteiger partial charge in [-0.3, -0.25) is 4.79 Å². The minimum absolute atomic E-state index is 0.0834. The molecule has 5 rings (SSSR count). The number of aromatic amines is 1. The lowest BCUT2D eigenvalue weighted by Crippen LogP contribution is -2.02. The number of fused-ring (bicyclic) bond motifs is 2. The number of pyridine rings is 1. The number of unbranched alkanes of at least 4 members (excludes halogenated alkanes) is 1. The average molecular weight is 402 g/mol. The maximum Gasteiger partial charge on any atom is 0.248 e. The molecule has 3 nitrogen and oxygen atoms in total. The van der Waals surface area contributed by atoms with Gasteiger partial charge in [0, 0.05) is 17.0 Å². The van der Waals surface area contributed by atoms with Gasteiger partial charge in [-0.05, 0) is 71.2 Å². The molecule has 2 aliphatic rings. The molecule has 1 heterocycles. The van der Waals surface area contributed by atoms with Crippen LogP contribution in [0.2, 0.25) is 0 Å². The van der Waals surface area contributed by atoms with Crippen LogP contribution in [0.4, 0.5) is 0 Å². The third-order valence-electron chi connectivity index (χ3n) is 4.85. The number of H-pyrrole nitrogens is 1. The van der Waals surface area contributed by atoms with Crippen molar-refractivity contribution in [3.05, 3.63) is 89.2 Å². The van der Waals surface area contributed by atoms with Gasteiger partial charge in [0.2, 0.25) is 5.56 Å². The third-order valence-corrected chi connectivity index (χ3v) is 5.16. The van der Waals surface area contributed by atoms with Gasteiger partial charge in [0.05, 0.1) is 6.61 Å². The van der Waals surface area contributed by atoms with E-state index >= 15 is 0 Å². The molecule has 0 saturated heterocycles. The van der Waals surface area contributed by atoms with Crippen molar-refractivity contribution in [2.45, 2.75) is 12.8 Å². The number of hydrogen-bond donors (Lipinski definition) is 2. The van der Waals surface area contributed by atoms with Crippen LogP contribution in [-0.4, -0.2) is 17.3 Å². The summed E-state index contributed by atoms with van der Waals surface area (Å²) < 4.78 is 5.62. The summed E-state index contributed by atoms with van der Waals surface area (Å²) in [5, 5.41) is 0.983. The molecule has 29 heavy (non-hydrogen) atoms. The van der Waals surface area contributed by atoms with E-state index in [-0.39, 0.29) is 5.56 Å². The van der Waals surface area contributed by atoms with Crippen molar-refractivity contribution in [3.63, 3.8) is 0 Å². The lowest BCUT2D eigenvalue weighted by Gasteiger charge is -2.06. The summed E-state index contributed by atoms with van der Waals surface area (Å²) in [6.07, 6.45) is 2.07. The van der Waals surface area contributed by atoms with E-state index in [1.165, 1.54) is 28.3 Å². The molecule has 2 aromatic carbocycles. The lowest BCUT2D eigenvalue weighted by molar-refractivity contribution is 0.310.